The Balaban J connectivity index is 1.58. The summed E-state index contributed by atoms with van der Waals surface area (Å²) < 4.78 is 20.7. The van der Waals surface area contributed by atoms with Gasteiger partial charge in [0.05, 0.1) is 17.6 Å². The summed E-state index contributed by atoms with van der Waals surface area (Å²) in [5.74, 6) is 0.0689. The molecule has 1 N–H and O–H groups in total. The number of pyridine rings is 1. The molecule has 0 aliphatic rings. The first-order chi connectivity index (χ1) is 16.1. The van der Waals surface area contributed by atoms with Gasteiger partial charge in [-0.25, -0.2) is 4.39 Å². The highest BCUT2D eigenvalue weighted by Crippen LogP contribution is 2.32. The number of carbonyl (C=O) groups is 1. The normalized spacial score (nSPS) is 11.1. The van der Waals surface area contributed by atoms with Gasteiger partial charge in [0.2, 0.25) is 5.91 Å². The second kappa shape index (κ2) is 8.70. The van der Waals surface area contributed by atoms with E-state index in [1.54, 1.807) is 23.0 Å². The van der Waals surface area contributed by atoms with Gasteiger partial charge in [-0.05, 0) is 55.5 Å². The number of nitrogens with one attached hydrogen (secondary N) is 1. The second-order valence-electron chi connectivity index (χ2n) is 7.56. The SMILES string of the molecule is CCOc1ccc(-c2nn(CC(=O)Nc3cccc(F)c3)c3c2cnc2ccccc23)cc1. The van der Waals surface area contributed by atoms with Gasteiger partial charge in [-0.15, -0.1) is 0 Å². The minimum atomic E-state index is -0.410. The first-order valence-corrected chi connectivity index (χ1v) is 10.7. The van der Waals surface area contributed by atoms with Crippen LogP contribution in [0, 0.1) is 5.82 Å². The van der Waals surface area contributed by atoms with Gasteiger partial charge in [0, 0.05) is 28.2 Å². The fourth-order valence-corrected chi connectivity index (χ4v) is 3.91. The van der Waals surface area contributed by atoms with Crippen LogP contribution in [0.15, 0.2) is 79.0 Å². The third-order valence-corrected chi connectivity index (χ3v) is 5.32. The molecule has 0 atom stereocenters. The molecule has 164 valence electrons. The lowest BCUT2D eigenvalue weighted by Crippen LogP contribution is -2.19. The average Bonchev–Trinajstić information content (AvgIpc) is 3.18. The van der Waals surface area contributed by atoms with E-state index in [0.29, 0.717) is 12.3 Å². The molecule has 6 nitrogen and oxygen atoms in total. The number of hydrogen-bond acceptors (Lipinski definition) is 4. The van der Waals surface area contributed by atoms with Gasteiger partial charge in [0.25, 0.3) is 0 Å². The molecule has 33 heavy (non-hydrogen) atoms. The highest BCUT2D eigenvalue weighted by Gasteiger charge is 2.18. The molecule has 0 unspecified atom stereocenters. The Bertz CT molecular complexity index is 1460. The average molecular weight is 440 g/mol. The van der Waals surface area contributed by atoms with E-state index in [1.807, 2.05) is 55.5 Å². The van der Waals surface area contributed by atoms with E-state index in [9.17, 15) is 9.18 Å². The third-order valence-electron chi connectivity index (χ3n) is 5.32. The summed E-state index contributed by atoms with van der Waals surface area (Å²) in [5.41, 5.74) is 3.65. The number of para-hydroxylation sites is 1. The van der Waals surface area contributed by atoms with Crippen molar-refractivity contribution in [2.24, 2.45) is 0 Å². The Morgan fingerprint density at radius 2 is 1.85 bits per heavy atom. The topological polar surface area (TPSA) is 69.0 Å². The van der Waals surface area contributed by atoms with Gasteiger partial charge in [-0.2, -0.15) is 5.10 Å². The van der Waals surface area contributed by atoms with Crippen molar-refractivity contribution in [2.75, 3.05) is 11.9 Å². The Morgan fingerprint density at radius 3 is 2.64 bits per heavy atom. The molecule has 0 spiro atoms. The van der Waals surface area contributed by atoms with E-state index in [4.69, 9.17) is 9.84 Å². The summed E-state index contributed by atoms with van der Waals surface area (Å²) in [7, 11) is 0. The van der Waals surface area contributed by atoms with Crippen LogP contribution in [-0.4, -0.2) is 27.3 Å². The number of fused-ring (bicyclic) bond motifs is 3. The highest BCUT2D eigenvalue weighted by atomic mass is 19.1. The molecule has 0 radical (unpaired) electrons. The molecular weight excluding hydrogens is 419 g/mol. The number of carbonyl (C=O) groups excluding carboxylic acids is 1. The van der Waals surface area contributed by atoms with E-state index >= 15 is 0 Å². The first-order valence-electron chi connectivity index (χ1n) is 10.7. The maximum Gasteiger partial charge on any atom is 0.246 e. The summed E-state index contributed by atoms with van der Waals surface area (Å²) in [5, 5.41) is 9.27. The Hall–Kier alpha value is -4.26. The molecule has 7 heteroatoms. The van der Waals surface area contributed by atoms with Crippen LogP contribution in [0.1, 0.15) is 6.92 Å². The van der Waals surface area contributed by atoms with Crippen LogP contribution in [0.4, 0.5) is 10.1 Å². The molecule has 5 rings (SSSR count). The van der Waals surface area contributed by atoms with Crippen molar-refractivity contribution in [3.63, 3.8) is 0 Å². The minimum absolute atomic E-state index is 0.0297. The summed E-state index contributed by atoms with van der Waals surface area (Å²) in [6.45, 7) is 2.50. The number of aromatic nitrogens is 3. The number of anilines is 1. The molecule has 0 aliphatic carbocycles. The van der Waals surface area contributed by atoms with E-state index in [2.05, 4.69) is 10.3 Å². The standard InChI is InChI=1S/C26H21FN4O2/c1-2-33-20-12-10-17(11-13-20)25-22-15-28-23-9-4-3-8-21(23)26(22)31(30-25)16-24(32)29-19-7-5-6-18(27)14-19/h3-15H,2,16H2,1H3,(H,29,32). The van der Waals surface area contributed by atoms with Crippen LogP contribution in [-0.2, 0) is 11.3 Å². The van der Waals surface area contributed by atoms with Gasteiger partial charge in [0.1, 0.15) is 23.8 Å². The van der Waals surface area contributed by atoms with Crippen molar-refractivity contribution in [2.45, 2.75) is 13.5 Å². The van der Waals surface area contributed by atoms with Gasteiger partial charge >= 0.3 is 0 Å². The van der Waals surface area contributed by atoms with Crippen molar-refractivity contribution in [3.8, 4) is 17.0 Å². The first kappa shape index (κ1) is 20.6. The molecule has 3 aromatic carbocycles. The maximum atomic E-state index is 13.5. The van der Waals surface area contributed by atoms with E-state index in [0.717, 1.165) is 38.8 Å². The zero-order chi connectivity index (χ0) is 22.8. The molecule has 2 aromatic heterocycles. The quantitative estimate of drug-likeness (QED) is 0.382. The molecule has 0 bridgehead atoms. The van der Waals surface area contributed by atoms with Gasteiger partial charge < -0.3 is 10.1 Å². The monoisotopic (exact) mass is 440 g/mol. The number of ether oxygens (including phenoxy) is 1. The van der Waals surface area contributed by atoms with Crippen molar-refractivity contribution in [1.82, 2.24) is 14.8 Å². The molecule has 5 aromatic rings. The molecule has 1 amide bonds. The Labute approximate surface area is 189 Å². The van der Waals surface area contributed by atoms with Gasteiger partial charge in [0.15, 0.2) is 0 Å². The summed E-state index contributed by atoms with van der Waals surface area (Å²) in [6, 6.07) is 21.2. The second-order valence-corrected chi connectivity index (χ2v) is 7.56. The van der Waals surface area contributed by atoms with E-state index < -0.39 is 5.82 Å². The molecular formula is C26H21FN4O2. The predicted molar refractivity (Wildman–Crippen MR) is 127 cm³/mol. The fourth-order valence-electron chi connectivity index (χ4n) is 3.91. The maximum absolute atomic E-state index is 13.5. The van der Waals surface area contributed by atoms with Crippen LogP contribution in [0.25, 0.3) is 33.1 Å². The summed E-state index contributed by atoms with van der Waals surface area (Å²) in [6.07, 6.45) is 1.79. The lowest BCUT2D eigenvalue weighted by atomic mass is 10.1. The molecule has 0 saturated heterocycles. The largest absolute Gasteiger partial charge is 0.494 e. The number of amides is 1. The lowest BCUT2D eigenvalue weighted by molar-refractivity contribution is -0.116. The Morgan fingerprint density at radius 1 is 1.03 bits per heavy atom. The van der Waals surface area contributed by atoms with Gasteiger partial charge in [-0.3, -0.25) is 14.5 Å². The fraction of sp³-hybridized carbons (Fsp3) is 0.115. The minimum Gasteiger partial charge on any atom is -0.494 e. The predicted octanol–water partition coefficient (Wildman–Crippen LogP) is 5.43. The summed E-state index contributed by atoms with van der Waals surface area (Å²) in [4.78, 5) is 17.4. The summed E-state index contributed by atoms with van der Waals surface area (Å²) >= 11 is 0. The number of halogens is 1. The number of benzene rings is 3. The third kappa shape index (κ3) is 4.13. The zero-order valence-corrected chi connectivity index (χ0v) is 18.0. The van der Waals surface area contributed by atoms with E-state index in [1.165, 1.54) is 12.1 Å². The van der Waals surface area contributed by atoms with Gasteiger partial charge in [-0.1, -0.05) is 24.3 Å². The van der Waals surface area contributed by atoms with E-state index in [-0.39, 0.29) is 12.5 Å². The van der Waals surface area contributed by atoms with Crippen LogP contribution in [0.5, 0.6) is 5.75 Å². The van der Waals surface area contributed by atoms with Crippen molar-refractivity contribution < 1.29 is 13.9 Å². The van der Waals surface area contributed by atoms with Crippen LogP contribution < -0.4 is 10.1 Å². The lowest BCUT2D eigenvalue weighted by Gasteiger charge is -2.07. The molecule has 0 aliphatic heterocycles. The zero-order valence-electron chi connectivity index (χ0n) is 18.0. The van der Waals surface area contributed by atoms with Crippen molar-refractivity contribution in [3.05, 3.63) is 84.8 Å². The molecule has 0 saturated carbocycles. The van der Waals surface area contributed by atoms with Crippen molar-refractivity contribution in [1.29, 1.82) is 0 Å². The Kier molecular flexibility index (Phi) is 5.44. The van der Waals surface area contributed by atoms with Crippen LogP contribution >= 0.6 is 0 Å². The number of hydrogen-bond donors (Lipinski definition) is 1. The number of rotatable bonds is 6. The number of nitrogens with zero attached hydrogens (tertiary/aromatic N) is 3. The highest BCUT2D eigenvalue weighted by molar-refractivity contribution is 6.08. The van der Waals surface area contributed by atoms with Crippen LogP contribution in [0.3, 0.4) is 0 Å². The smallest absolute Gasteiger partial charge is 0.246 e. The molecule has 0 fully saturated rings. The van der Waals surface area contributed by atoms with Crippen molar-refractivity contribution >= 4 is 33.4 Å². The van der Waals surface area contributed by atoms with Crippen LogP contribution in [0.2, 0.25) is 0 Å². The molecule has 2 heterocycles.